The number of alkyl halides is 3. The Morgan fingerprint density at radius 2 is 1.78 bits per heavy atom. The van der Waals surface area contributed by atoms with Crippen molar-refractivity contribution in [2.75, 3.05) is 44.2 Å². The predicted octanol–water partition coefficient (Wildman–Crippen LogP) is 4.84. The molecule has 32 heavy (non-hydrogen) atoms. The Kier molecular flexibility index (Phi) is 9.48. The summed E-state index contributed by atoms with van der Waals surface area (Å²) in [6.07, 6.45) is -2.71. The van der Waals surface area contributed by atoms with Crippen molar-refractivity contribution in [3.05, 3.63) is 48.0 Å². The van der Waals surface area contributed by atoms with Gasteiger partial charge in [0, 0.05) is 38.8 Å². The lowest BCUT2D eigenvalue weighted by Crippen LogP contribution is -2.52. The van der Waals surface area contributed by atoms with Crippen LogP contribution in [0.3, 0.4) is 0 Å². The molecule has 2 N–H and O–H groups in total. The molecule has 5 nitrogen and oxygen atoms in total. The first kappa shape index (κ1) is 26.5. The molecule has 0 amide bonds. The molecule has 2 aromatic rings. The van der Waals surface area contributed by atoms with Gasteiger partial charge in [0.05, 0.1) is 23.5 Å². The fraction of sp³-hybridized carbons (Fsp3) is 0.455. The van der Waals surface area contributed by atoms with Crippen LogP contribution >= 0.6 is 24.8 Å². The van der Waals surface area contributed by atoms with Crippen molar-refractivity contribution in [1.82, 2.24) is 10.2 Å². The Labute approximate surface area is 198 Å². The van der Waals surface area contributed by atoms with Gasteiger partial charge in [0.2, 0.25) is 0 Å². The Balaban J connectivity index is 0.00000181. The predicted molar refractivity (Wildman–Crippen MR) is 124 cm³/mol. The number of piperazine rings is 1. The van der Waals surface area contributed by atoms with Crippen LogP contribution in [0.25, 0.3) is 0 Å². The number of para-hydroxylation sites is 2. The number of nitrogens with zero attached hydrogens (tertiary/aromatic N) is 2. The van der Waals surface area contributed by atoms with E-state index in [1.54, 1.807) is 0 Å². The number of nitrogens with one attached hydrogen (secondary N) is 1. The normalized spacial score (nSPS) is 18.0. The van der Waals surface area contributed by atoms with Crippen molar-refractivity contribution in [1.29, 1.82) is 0 Å². The lowest BCUT2D eigenvalue weighted by molar-refractivity contribution is -0.137. The maximum Gasteiger partial charge on any atom is 0.416 e. The van der Waals surface area contributed by atoms with Crippen LogP contribution in [-0.2, 0) is 6.18 Å². The SMILES string of the molecule is Cl.Cl.OCCN1CCNCC1CCCN1c2ccccc2Oc2ccc(C(F)(F)F)cc21. The molecule has 178 valence electrons. The minimum atomic E-state index is -4.41. The van der Waals surface area contributed by atoms with Crippen LogP contribution in [0.4, 0.5) is 24.5 Å². The fourth-order valence-corrected chi connectivity index (χ4v) is 4.24. The van der Waals surface area contributed by atoms with E-state index < -0.39 is 11.7 Å². The fourth-order valence-electron chi connectivity index (χ4n) is 4.24. The Morgan fingerprint density at radius 3 is 2.53 bits per heavy atom. The Hall–Kier alpha value is -1.71. The minimum Gasteiger partial charge on any atom is -0.453 e. The average molecular weight is 494 g/mol. The molecule has 0 spiro atoms. The highest BCUT2D eigenvalue weighted by atomic mass is 35.5. The summed E-state index contributed by atoms with van der Waals surface area (Å²) in [5.74, 6) is 1.08. The van der Waals surface area contributed by atoms with Gasteiger partial charge in [-0.2, -0.15) is 13.2 Å². The number of fused-ring (bicyclic) bond motifs is 2. The van der Waals surface area contributed by atoms with Crippen molar-refractivity contribution in [2.45, 2.75) is 25.1 Å². The maximum atomic E-state index is 13.3. The van der Waals surface area contributed by atoms with Gasteiger partial charge in [-0.3, -0.25) is 4.90 Å². The summed E-state index contributed by atoms with van der Waals surface area (Å²) in [6.45, 7) is 4.00. The van der Waals surface area contributed by atoms with E-state index in [4.69, 9.17) is 4.74 Å². The van der Waals surface area contributed by atoms with Crippen LogP contribution in [-0.4, -0.2) is 55.4 Å². The van der Waals surface area contributed by atoms with Crippen LogP contribution in [0, 0.1) is 0 Å². The van der Waals surface area contributed by atoms with E-state index in [1.807, 2.05) is 29.2 Å². The van der Waals surface area contributed by atoms with Crippen molar-refractivity contribution in [2.24, 2.45) is 0 Å². The number of benzene rings is 2. The highest BCUT2D eigenvalue weighted by molar-refractivity contribution is 5.85. The van der Waals surface area contributed by atoms with Crippen LogP contribution in [0.1, 0.15) is 18.4 Å². The molecule has 2 aromatic carbocycles. The average Bonchev–Trinajstić information content (AvgIpc) is 2.73. The first-order chi connectivity index (χ1) is 14.5. The monoisotopic (exact) mass is 493 g/mol. The van der Waals surface area contributed by atoms with Crippen LogP contribution in [0.15, 0.2) is 42.5 Å². The molecule has 0 radical (unpaired) electrons. The third kappa shape index (κ3) is 5.80. The number of anilines is 2. The third-order valence-corrected chi connectivity index (χ3v) is 5.73. The second-order valence-electron chi connectivity index (χ2n) is 7.66. The summed E-state index contributed by atoms with van der Waals surface area (Å²) in [5, 5.41) is 12.7. The number of ether oxygens (including phenoxy) is 1. The lowest BCUT2D eigenvalue weighted by atomic mass is 10.1. The molecule has 0 aromatic heterocycles. The Morgan fingerprint density at radius 1 is 1.03 bits per heavy atom. The molecule has 2 aliphatic heterocycles. The van der Waals surface area contributed by atoms with Crippen molar-refractivity contribution in [3.63, 3.8) is 0 Å². The largest absolute Gasteiger partial charge is 0.453 e. The van der Waals surface area contributed by atoms with Gasteiger partial charge in [-0.05, 0) is 43.2 Å². The lowest BCUT2D eigenvalue weighted by Gasteiger charge is -2.37. The molecule has 1 unspecified atom stereocenters. The first-order valence-corrected chi connectivity index (χ1v) is 10.3. The summed E-state index contributed by atoms with van der Waals surface area (Å²) < 4.78 is 45.8. The van der Waals surface area contributed by atoms with Gasteiger partial charge in [-0.15, -0.1) is 24.8 Å². The molecule has 1 fully saturated rings. The number of β-amino-alcohol motifs (C(OH)–C–C–N with tert-alkyl or cyclic N) is 1. The molecular weight excluding hydrogens is 466 g/mol. The molecule has 1 saturated heterocycles. The van der Waals surface area contributed by atoms with Gasteiger partial charge in [0.1, 0.15) is 0 Å². The van der Waals surface area contributed by atoms with Gasteiger partial charge in [0.15, 0.2) is 11.5 Å². The molecule has 2 aliphatic rings. The van der Waals surface area contributed by atoms with Crippen molar-refractivity contribution < 1.29 is 23.0 Å². The summed E-state index contributed by atoms with van der Waals surface area (Å²) in [6, 6.07) is 11.4. The summed E-state index contributed by atoms with van der Waals surface area (Å²) in [5.41, 5.74) is 0.538. The van der Waals surface area contributed by atoms with Gasteiger partial charge in [-0.1, -0.05) is 12.1 Å². The number of hydrogen-bond acceptors (Lipinski definition) is 5. The van der Waals surface area contributed by atoms with E-state index in [2.05, 4.69) is 10.2 Å². The maximum absolute atomic E-state index is 13.3. The molecular formula is C22H28Cl2F3N3O2. The molecule has 10 heteroatoms. The van der Waals surface area contributed by atoms with Crippen molar-refractivity contribution >= 4 is 36.2 Å². The molecule has 0 bridgehead atoms. The Bertz CT molecular complexity index is 884. The summed E-state index contributed by atoms with van der Waals surface area (Å²) >= 11 is 0. The van der Waals surface area contributed by atoms with Crippen LogP contribution < -0.4 is 15.0 Å². The highest BCUT2D eigenvalue weighted by Gasteiger charge is 2.33. The zero-order valence-corrected chi connectivity index (χ0v) is 19.1. The van der Waals surface area contributed by atoms with Gasteiger partial charge in [-0.25, -0.2) is 0 Å². The van der Waals surface area contributed by atoms with E-state index in [0.29, 0.717) is 36.3 Å². The van der Waals surface area contributed by atoms with Gasteiger partial charge >= 0.3 is 6.18 Å². The zero-order valence-electron chi connectivity index (χ0n) is 17.5. The van der Waals surface area contributed by atoms with Crippen LogP contribution in [0.5, 0.6) is 11.5 Å². The quantitative estimate of drug-likeness (QED) is 0.602. The van der Waals surface area contributed by atoms with Gasteiger partial charge in [0.25, 0.3) is 0 Å². The molecule has 0 aliphatic carbocycles. The smallest absolute Gasteiger partial charge is 0.416 e. The molecule has 1 atom stereocenters. The number of halogens is 5. The van der Waals surface area contributed by atoms with E-state index in [-0.39, 0.29) is 31.4 Å². The number of hydrogen-bond donors (Lipinski definition) is 2. The van der Waals surface area contributed by atoms with Crippen molar-refractivity contribution in [3.8, 4) is 11.5 Å². The summed E-state index contributed by atoms with van der Waals surface area (Å²) in [7, 11) is 0. The van der Waals surface area contributed by atoms with E-state index in [0.717, 1.165) is 44.2 Å². The van der Waals surface area contributed by atoms with Crippen LogP contribution in [0.2, 0.25) is 0 Å². The topological polar surface area (TPSA) is 48.0 Å². The number of aliphatic hydroxyl groups excluding tert-OH is 1. The zero-order chi connectivity index (χ0) is 21.1. The number of rotatable bonds is 6. The minimum absolute atomic E-state index is 0. The molecule has 0 saturated carbocycles. The van der Waals surface area contributed by atoms with E-state index in [1.165, 1.54) is 12.1 Å². The third-order valence-electron chi connectivity index (χ3n) is 5.73. The second kappa shape index (κ2) is 11.4. The number of aliphatic hydroxyl groups is 1. The molecule has 4 rings (SSSR count). The van der Waals surface area contributed by atoms with Gasteiger partial charge < -0.3 is 20.1 Å². The van der Waals surface area contributed by atoms with E-state index >= 15 is 0 Å². The summed E-state index contributed by atoms with van der Waals surface area (Å²) in [4.78, 5) is 4.20. The highest BCUT2D eigenvalue weighted by Crippen LogP contribution is 2.48. The molecule has 2 heterocycles. The second-order valence-corrected chi connectivity index (χ2v) is 7.66. The standard InChI is InChI=1S/C22H26F3N3O2.2ClH/c23-22(24,25)16-7-8-21-19(14-16)28(18-5-1-2-6-20(18)30-21)10-3-4-17-15-26-9-11-27(17)12-13-29;;/h1-2,5-8,14,17,26,29H,3-4,9-13,15H2;2*1H. The first-order valence-electron chi connectivity index (χ1n) is 10.3. The van der Waals surface area contributed by atoms with E-state index in [9.17, 15) is 18.3 Å².